The zero-order valence-corrected chi connectivity index (χ0v) is 6.77. The summed E-state index contributed by atoms with van der Waals surface area (Å²) in [4.78, 5) is 0. The number of nitrogen functional groups attached to an aromatic ring is 1. The molecule has 1 aliphatic rings. The molecule has 2 rings (SSSR count). The normalized spacial score (nSPS) is 18.3. The van der Waals surface area contributed by atoms with E-state index in [1.807, 2.05) is 0 Å². The molecular weight excluding hydrogens is 164 g/mol. The van der Waals surface area contributed by atoms with Crippen LogP contribution in [0.25, 0.3) is 0 Å². The van der Waals surface area contributed by atoms with Crippen LogP contribution in [0.15, 0.2) is 4.52 Å². The molecule has 0 bridgehead atoms. The third kappa shape index (κ3) is 0.997. The van der Waals surface area contributed by atoms with Gasteiger partial charge in [0.15, 0.2) is 11.6 Å². The molecular formula is C7H9ClN2O. The third-order valence-electron chi connectivity index (χ3n) is 2.16. The van der Waals surface area contributed by atoms with Gasteiger partial charge in [0, 0.05) is 5.92 Å². The average Bonchev–Trinajstić information content (AvgIpc) is 2.15. The number of nitrogens with two attached hydrogens (primary N) is 1. The molecule has 0 atom stereocenters. The second kappa shape index (κ2) is 2.41. The predicted octanol–water partition coefficient (Wildman–Crippen LogP) is 2.18. The minimum atomic E-state index is 0.313. The molecule has 0 saturated heterocycles. The van der Waals surface area contributed by atoms with Crippen molar-refractivity contribution >= 4 is 17.4 Å². The van der Waals surface area contributed by atoms with Gasteiger partial charge in [0.1, 0.15) is 5.02 Å². The second-order valence-electron chi connectivity index (χ2n) is 2.87. The molecule has 1 aromatic rings. The van der Waals surface area contributed by atoms with Crippen LogP contribution in [-0.4, -0.2) is 5.16 Å². The van der Waals surface area contributed by atoms with E-state index < -0.39 is 0 Å². The Bertz CT molecular complexity index is 267. The Morgan fingerprint density at radius 2 is 2.27 bits per heavy atom. The highest BCUT2D eigenvalue weighted by molar-refractivity contribution is 6.33. The van der Waals surface area contributed by atoms with Crippen LogP contribution in [0.3, 0.4) is 0 Å². The molecule has 11 heavy (non-hydrogen) atoms. The van der Waals surface area contributed by atoms with Crippen LogP contribution in [0.1, 0.15) is 30.9 Å². The molecule has 3 nitrogen and oxygen atoms in total. The van der Waals surface area contributed by atoms with Gasteiger partial charge in [-0.15, -0.1) is 0 Å². The Kier molecular flexibility index (Phi) is 1.53. The minimum Gasteiger partial charge on any atom is -0.380 e. The van der Waals surface area contributed by atoms with Gasteiger partial charge in [-0.2, -0.15) is 0 Å². The quantitative estimate of drug-likeness (QED) is 0.707. The first-order valence-electron chi connectivity index (χ1n) is 3.69. The molecule has 1 saturated carbocycles. The van der Waals surface area contributed by atoms with Crippen molar-refractivity contribution in [3.63, 3.8) is 0 Å². The monoisotopic (exact) mass is 172 g/mol. The maximum absolute atomic E-state index is 5.84. The summed E-state index contributed by atoms with van der Waals surface area (Å²) in [5.74, 6) is 1.55. The standard InChI is InChI=1S/C7H9ClN2O/c8-5-6(4-2-1-3-4)11-10-7(5)9/h4H,1-3H2,(H2,9,10). The maximum atomic E-state index is 5.84. The van der Waals surface area contributed by atoms with Crippen LogP contribution in [0.4, 0.5) is 5.82 Å². The molecule has 1 aliphatic carbocycles. The molecule has 0 aliphatic heterocycles. The predicted molar refractivity (Wildman–Crippen MR) is 42.5 cm³/mol. The molecule has 2 N–H and O–H groups in total. The van der Waals surface area contributed by atoms with Crippen molar-refractivity contribution in [3.05, 3.63) is 10.8 Å². The number of anilines is 1. The molecule has 60 valence electrons. The lowest BCUT2D eigenvalue weighted by Gasteiger charge is -2.22. The van der Waals surface area contributed by atoms with Crippen molar-refractivity contribution in [1.29, 1.82) is 0 Å². The van der Waals surface area contributed by atoms with E-state index in [0.29, 0.717) is 16.8 Å². The maximum Gasteiger partial charge on any atom is 0.186 e. The highest BCUT2D eigenvalue weighted by atomic mass is 35.5. The summed E-state index contributed by atoms with van der Waals surface area (Å²) in [6.45, 7) is 0. The van der Waals surface area contributed by atoms with E-state index >= 15 is 0 Å². The van der Waals surface area contributed by atoms with Gasteiger partial charge in [0.05, 0.1) is 0 Å². The van der Waals surface area contributed by atoms with E-state index in [0.717, 1.165) is 18.6 Å². The van der Waals surface area contributed by atoms with Gasteiger partial charge in [-0.05, 0) is 12.8 Å². The molecule has 1 fully saturated rings. The first-order valence-corrected chi connectivity index (χ1v) is 4.07. The van der Waals surface area contributed by atoms with Gasteiger partial charge in [0.25, 0.3) is 0 Å². The largest absolute Gasteiger partial charge is 0.380 e. The van der Waals surface area contributed by atoms with Crippen molar-refractivity contribution in [1.82, 2.24) is 5.16 Å². The van der Waals surface area contributed by atoms with E-state index in [-0.39, 0.29) is 0 Å². The second-order valence-corrected chi connectivity index (χ2v) is 3.25. The van der Waals surface area contributed by atoms with Gasteiger partial charge >= 0.3 is 0 Å². The zero-order chi connectivity index (χ0) is 7.84. The van der Waals surface area contributed by atoms with Gasteiger partial charge in [-0.25, -0.2) is 0 Å². The molecule has 0 radical (unpaired) electrons. The molecule has 0 amide bonds. The van der Waals surface area contributed by atoms with E-state index in [9.17, 15) is 0 Å². The summed E-state index contributed by atoms with van der Waals surface area (Å²) >= 11 is 5.84. The molecule has 0 unspecified atom stereocenters. The lowest BCUT2D eigenvalue weighted by Crippen LogP contribution is -2.07. The fourth-order valence-electron chi connectivity index (χ4n) is 1.23. The third-order valence-corrected chi connectivity index (χ3v) is 2.54. The number of rotatable bonds is 1. The lowest BCUT2D eigenvalue weighted by molar-refractivity contribution is 0.301. The van der Waals surface area contributed by atoms with Gasteiger partial charge in [-0.1, -0.05) is 23.2 Å². The fraction of sp³-hybridized carbons (Fsp3) is 0.571. The first-order chi connectivity index (χ1) is 5.29. The van der Waals surface area contributed by atoms with Crippen molar-refractivity contribution < 1.29 is 4.52 Å². The Morgan fingerprint density at radius 1 is 1.55 bits per heavy atom. The van der Waals surface area contributed by atoms with Crippen molar-refractivity contribution in [2.75, 3.05) is 5.73 Å². The number of nitrogens with zero attached hydrogens (tertiary/aromatic N) is 1. The van der Waals surface area contributed by atoms with Crippen LogP contribution in [-0.2, 0) is 0 Å². The topological polar surface area (TPSA) is 52.0 Å². The Balaban J connectivity index is 2.29. The highest BCUT2D eigenvalue weighted by Crippen LogP contribution is 2.41. The summed E-state index contributed by atoms with van der Waals surface area (Å²) in [7, 11) is 0. The fourth-order valence-corrected chi connectivity index (χ4v) is 1.45. The van der Waals surface area contributed by atoms with E-state index in [1.165, 1.54) is 6.42 Å². The first kappa shape index (κ1) is 6.98. The number of hydrogen-bond donors (Lipinski definition) is 1. The van der Waals surface area contributed by atoms with Gasteiger partial charge < -0.3 is 10.3 Å². The average molecular weight is 173 g/mol. The summed E-state index contributed by atoms with van der Waals surface area (Å²) in [5.41, 5.74) is 5.42. The van der Waals surface area contributed by atoms with Crippen LogP contribution in [0, 0.1) is 0 Å². The van der Waals surface area contributed by atoms with Crippen LogP contribution >= 0.6 is 11.6 Å². The number of hydrogen-bond acceptors (Lipinski definition) is 3. The molecule has 4 heteroatoms. The van der Waals surface area contributed by atoms with Crippen molar-refractivity contribution in [2.24, 2.45) is 0 Å². The SMILES string of the molecule is Nc1noc(C2CCC2)c1Cl. The van der Waals surface area contributed by atoms with Crippen LogP contribution in [0.2, 0.25) is 5.02 Å². The van der Waals surface area contributed by atoms with Crippen LogP contribution in [0.5, 0.6) is 0 Å². The van der Waals surface area contributed by atoms with Crippen molar-refractivity contribution in [3.8, 4) is 0 Å². The molecule has 0 spiro atoms. The number of halogens is 1. The Hall–Kier alpha value is -0.700. The highest BCUT2D eigenvalue weighted by Gasteiger charge is 2.27. The summed E-state index contributed by atoms with van der Waals surface area (Å²) in [6, 6.07) is 0. The van der Waals surface area contributed by atoms with Crippen LogP contribution < -0.4 is 5.73 Å². The smallest absolute Gasteiger partial charge is 0.186 e. The summed E-state index contributed by atoms with van der Waals surface area (Å²) < 4.78 is 4.99. The van der Waals surface area contributed by atoms with Crippen molar-refractivity contribution in [2.45, 2.75) is 25.2 Å². The minimum absolute atomic E-state index is 0.313. The summed E-state index contributed by atoms with van der Waals surface area (Å²) in [6.07, 6.45) is 3.55. The van der Waals surface area contributed by atoms with E-state index in [1.54, 1.807) is 0 Å². The zero-order valence-electron chi connectivity index (χ0n) is 6.01. The van der Waals surface area contributed by atoms with E-state index in [4.69, 9.17) is 21.9 Å². The molecule has 1 aromatic heterocycles. The van der Waals surface area contributed by atoms with Gasteiger partial charge in [-0.3, -0.25) is 0 Å². The van der Waals surface area contributed by atoms with E-state index in [2.05, 4.69) is 5.16 Å². The molecule has 0 aromatic carbocycles. The molecule has 1 heterocycles. The lowest BCUT2D eigenvalue weighted by atomic mass is 9.83. The Labute approximate surface area is 69.5 Å². The number of aromatic nitrogens is 1. The summed E-state index contributed by atoms with van der Waals surface area (Å²) in [5, 5.41) is 4.10. The Morgan fingerprint density at radius 3 is 2.64 bits per heavy atom. The van der Waals surface area contributed by atoms with Gasteiger partial charge in [0.2, 0.25) is 0 Å².